The highest BCUT2D eigenvalue weighted by atomic mass is 35.5. The lowest BCUT2D eigenvalue weighted by Crippen LogP contribution is -1.98. The second kappa shape index (κ2) is 4.76. The van der Waals surface area contributed by atoms with E-state index in [-0.39, 0.29) is 5.78 Å². The molecule has 0 saturated carbocycles. The van der Waals surface area contributed by atoms with Crippen molar-refractivity contribution in [3.63, 3.8) is 0 Å². The molecule has 1 heterocycles. The number of rotatable bonds is 3. The van der Waals surface area contributed by atoms with Crippen molar-refractivity contribution in [3.8, 4) is 0 Å². The molecule has 0 aliphatic rings. The van der Waals surface area contributed by atoms with Crippen molar-refractivity contribution in [2.24, 2.45) is 0 Å². The van der Waals surface area contributed by atoms with Gasteiger partial charge in [0.1, 0.15) is 5.76 Å². The number of hydrogen-bond donors (Lipinski definition) is 0. The lowest BCUT2D eigenvalue weighted by atomic mass is 10.0. The summed E-state index contributed by atoms with van der Waals surface area (Å²) in [5, 5.41) is 0.712. The van der Waals surface area contributed by atoms with Gasteiger partial charge in [0.25, 0.3) is 0 Å². The van der Waals surface area contributed by atoms with E-state index in [1.807, 2.05) is 31.2 Å². The Labute approximate surface area is 105 Å². The molecule has 0 aliphatic carbocycles. The van der Waals surface area contributed by atoms with Crippen LogP contribution >= 0.6 is 11.6 Å². The molecule has 2 aromatic rings. The van der Waals surface area contributed by atoms with Crippen LogP contribution in [0.25, 0.3) is 0 Å². The summed E-state index contributed by atoms with van der Waals surface area (Å²) in [5.41, 5.74) is 2.73. The predicted octanol–water partition coefficient (Wildman–Crippen LogP) is 4.03. The predicted molar refractivity (Wildman–Crippen MR) is 67.7 cm³/mol. The first-order valence-corrected chi connectivity index (χ1v) is 5.78. The summed E-state index contributed by atoms with van der Waals surface area (Å²) in [6.07, 6.45) is 2.34. The molecule has 0 unspecified atom stereocenters. The van der Waals surface area contributed by atoms with Crippen molar-refractivity contribution >= 4 is 17.4 Å². The number of carbonyl (C=O) groups excluding carboxylic acids is 1. The lowest BCUT2D eigenvalue weighted by molar-refractivity contribution is 0.101. The van der Waals surface area contributed by atoms with E-state index >= 15 is 0 Å². The second-order valence-corrected chi connectivity index (χ2v) is 4.49. The summed E-state index contributed by atoms with van der Waals surface area (Å²) in [6.45, 7) is 3.37. The van der Waals surface area contributed by atoms with Gasteiger partial charge in [-0.3, -0.25) is 4.79 Å². The van der Waals surface area contributed by atoms with E-state index in [4.69, 9.17) is 16.0 Å². The molecule has 88 valence electrons. The Balaban J connectivity index is 2.30. The zero-order valence-corrected chi connectivity index (χ0v) is 10.5. The second-order valence-electron chi connectivity index (χ2n) is 4.05. The molecular weight excluding hydrogens is 236 g/mol. The molecule has 0 atom stereocenters. The average Bonchev–Trinajstić information content (AvgIpc) is 2.63. The van der Waals surface area contributed by atoms with Gasteiger partial charge in [-0.1, -0.05) is 23.7 Å². The van der Waals surface area contributed by atoms with E-state index < -0.39 is 0 Å². The summed E-state index contributed by atoms with van der Waals surface area (Å²) < 4.78 is 5.31. The molecule has 17 heavy (non-hydrogen) atoms. The molecule has 0 fully saturated rings. The van der Waals surface area contributed by atoms with Gasteiger partial charge >= 0.3 is 0 Å². The standard InChI is InChI=1S/C14H13ClO2/c1-9(16)14-10(2)17-8-12(14)7-11-3-5-13(15)6-4-11/h3-6,8H,7H2,1-2H3. The molecule has 0 spiro atoms. The number of furan rings is 1. The summed E-state index contributed by atoms with van der Waals surface area (Å²) in [6, 6.07) is 7.59. The Bertz CT molecular complexity index is 538. The number of aryl methyl sites for hydroxylation is 1. The van der Waals surface area contributed by atoms with Crippen LogP contribution in [0.5, 0.6) is 0 Å². The first kappa shape index (κ1) is 11.9. The Morgan fingerprint density at radius 3 is 2.53 bits per heavy atom. The van der Waals surface area contributed by atoms with Crippen molar-refractivity contribution < 1.29 is 9.21 Å². The average molecular weight is 249 g/mol. The highest BCUT2D eigenvalue weighted by molar-refractivity contribution is 6.30. The quantitative estimate of drug-likeness (QED) is 0.768. The van der Waals surface area contributed by atoms with Gasteiger partial charge < -0.3 is 4.42 Å². The van der Waals surface area contributed by atoms with E-state index in [1.54, 1.807) is 13.2 Å². The van der Waals surface area contributed by atoms with Crippen LogP contribution in [-0.2, 0) is 6.42 Å². The van der Waals surface area contributed by atoms with Crippen molar-refractivity contribution in [2.75, 3.05) is 0 Å². The van der Waals surface area contributed by atoms with Crippen LogP contribution in [0.2, 0.25) is 5.02 Å². The lowest BCUT2D eigenvalue weighted by Gasteiger charge is -2.01. The molecule has 0 amide bonds. The monoisotopic (exact) mass is 248 g/mol. The number of Topliss-reactive ketones (excluding diaryl/α,β-unsaturated/α-hetero) is 1. The maximum Gasteiger partial charge on any atom is 0.163 e. The molecule has 0 saturated heterocycles. The molecule has 1 aromatic heterocycles. The van der Waals surface area contributed by atoms with Crippen LogP contribution in [-0.4, -0.2) is 5.78 Å². The maximum atomic E-state index is 11.5. The van der Waals surface area contributed by atoms with E-state index in [0.29, 0.717) is 22.8 Å². The van der Waals surface area contributed by atoms with Crippen LogP contribution in [0.3, 0.4) is 0 Å². The minimum atomic E-state index is 0.0419. The number of benzene rings is 1. The first-order chi connectivity index (χ1) is 8.08. The fraction of sp³-hybridized carbons (Fsp3) is 0.214. The first-order valence-electron chi connectivity index (χ1n) is 5.40. The van der Waals surface area contributed by atoms with E-state index in [1.165, 1.54) is 0 Å². The topological polar surface area (TPSA) is 30.2 Å². The molecule has 2 nitrogen and oxygen atoms in total. The molecule has 0 bridgehead atoms. The third-order valence-corrected chi connectivity index (χ3v) is 2.96. The third kappa shape index (κ3) is 2.59. The van der Waals surface area contributed by atoms with Crippen LogP contribution in [0, 0.1) is 6.92 Å². The van der Waals surface area contributed by atoms with Gasteiger partial charge in [-0.05, 0) is 31.5 Å². The number of hydrogen-bond acceptors (Lipinski definition) is 2. The van der Waals surface area contributed by atoms with Crippen molar-refractivity contribution in [1.29, 1.82) is 0 Å². The summed E-state index contributed by atoms with van der Waals surface area (Å²) in [7, 11) is 0. The number of halogens is 1. The Morgan fingerprint density at radius 2 is 1.94 bits per heavy atom. The van der Waals surface area contributed by atoms with Crippen LogP contribution < -0.4 is 0 Å². The van der Waals surface area contributed by atoms with Gasteiger partial charge in [-0.2, -0.15) is 0 Å². The van der Waals surface area contributed by atoms with E-state index in [0.717, 1.165) is 11.1 Å². The summed E-state index contributed by atoms with van der Waals surface area (Å²) in [5.74, 6) is 0.724. The Kier molecular flexibility index (Phi) is 3.34. The molecule has 0 radical (unpaired) electrons. The van der Waals surface area contributed by atoms with Gasteiger partial charge in [-0.25, -0.2) is 0 Å². The highest BCUT2D eigenvalue weighted by Gasteiger charge is 2.14. The van der Waals surface area contributed by atoms with E-state index in [9.17, 15) is 4.79 Å². The van der Waals surface area contributed by atoms with Gasteiger partial charge in [-0.15, -0.1) is 0 Å². The zero-order valence-electron chi connectivity index (χ0n) is 9.79. The molecule has 0 aliphatic heterocycles. The van der Waals surface area contributed by atoms with Gasteiger partial charge in [0.05, 0.1) is 11.8 Å². The van der Waals surface area contributed by atoms with Crippen molar-refractivity contribution in [1.82, 2.24) is 0 Å². The fourth-order valence-electron chi connectivity index (χ4n) is 1.93. The van der Waals surface area contributed by atoms with Crippen LogP contribution in [0.1, 0.15) is 34.2 Å². The van der Waals surface area contributed by atoms with Gasteiger partial charge in [0.2, 0.25) is 0 Å². The fourth-order valence-corrected chi connectivity index (χ4v) is 2.06. The smallest absolute Gasteiger partial charge is 0.163 e. The SMILES string of the molecule is CC(=O)c1c(Cc2ccc(Cl)cc2)coc1C. The molecule has 1 aromatic carbocycles. The minimum absolute atomic E-state index is 0.0419. The zero-order chi connectivity index (χ0) is 12.4. The number of ketones is 1. The molecule has 0 N–H and O–H groups in total. The molecule has 3 heteroatoms. The number of carbonyl (C=O) groups is 1. The molecular formula is C14H13ClO2. The third-order valence-electron chi connectivity index (χ3n) is 2.71. The normalized spacial score (nSPS) is 10.5. The highest BCUT2D eigenvalue weighted by Crippen LogP contribution is 2.21. The minimum Gasteiger partial charge on any atom is -0.469 e. The largest absolute Gasteiger partial charge is 0.469 e. The van der Waals surface area contributed by atoms with E-state index in [2.05, 4.69) is 0 Å². The Hall–Kier alpha value is -1.54. The van der Waals surface area contributed by atoms with Crippen LogP contribution in [0.4, 0.5) is 0 Å². The van der Waals surface area contributed by atoms with Gasteiger partial charge in [0.15, 0.2) is 5.78 Å². The molecule has 2 rings (SSSR count). The van der Waals surface area contributed by atoms with Crippen molar-refractivity contribution in [3.05, 3.63) is 58.0 Å². The summed E-state index contributed by atoms with van der Waals surface area (Å²) in [4.78, 5) is 11.5. The van der Waals surface area contributed by atoms with Crippen LogP contribution in [0.15, 0.2) is 34.9 Å². The maximum absolute atomic E-state index is 11.5. The summed E-state index contributed by atoms with van der Waals surface area (Å²) >= 11 is 5.83. The van der Waals surface area contributed by atoms with Gasteiger partial charge in [0, 0.05) is 17.0 Å². The Morgan fingerprint density at radius 1 is 1.29 bits per heavy atom. The van der Waals surface area contributed by atoms with Crippen molar-refractivity contribution in [2.45, 2.75) is 20.3 Å².